The number of halogens is 6. The van der Waals surface area contributed by atoms with Gasteiger partial charge in [-0.15, -0.1) is 0 Å². The van der Waals surface area contributed by atoms with Crippen LogP contribution in [0.4, 0.5) is 26.3 Å². The van der Waals surface area contributed by atoms with E-state index in [4.69, 9.17) is 0 Å². The highest BCUT2D eigenvalue weighted by Crippen LogP contribution is 2.19. The minimum Gasteiger partial charge on any atom is -0.348 e. The highest BCUT2D eigenvalue weighted by Gasteiger charge is 2.41. The van der Waals surface area contributed by atoms with Crippen LogP contribution in [0.25, 0.3) is 0 Å². The number of aromatic amines is 1. The molecule has 5 nitrogen and oxygen atoms in total. The number of H-pyrrole nitrogens is 1. The Morgan fingerprint density at radius 2 is 1.75 bits per heavy atom. The third-order valence-corrected chi connectivity index (χ3v) is 2.04. The average molecular weight is 303 g/mol. The van der Waals surface area contributed by atoms with Crippen molar-refractivity contribution >= 4 is 11.7 Å². The lowest BCUT2D eigenvalue weighted by atomic mass is 10.3. The number of amides is 1. The van der Waals surface area contributed by atoms with Crippen LogP contribution < -0.4 is 5.32 Å². The molecular weight excluding hydrogens is 296 g/mol. The standard InChI is InChI=1S/C9H7F6N3O2/c10-8(11,12)5(19)6-17-3-4(18-6)1-2-16-7(20)9(13,14)15/h3H,1-2H2,(H,16,20)(H,17,18). The van der Waals surface area contributed by atoms with E-state index in [1.54, 1.807) is 0 Å². The molecule has 0 bridgehead atoms. The molecule has 1 heterocycles. The maximum atomic E-state index is 12.0. The lowest BCUT2D eigenvalue weighted by Crippen LogP contribution is -2.37. The smallest absolute Gasteiger partial charge is 0.348 e. The third kappa shape index (κ3) is 4.24. The van der Waals surface area contributed by atoms with Crippen molar-refractivity contribution in [2.24, 2.45) is 0 Å². The van der Waals surface area contributed by atoms with E-state index in [1.165, 1.54) is 5.32 Å². The average Bonchev–Trinajstić information content (AvgIpc) is 2.74. The van der Waals surface area contributed by atoms with Gasteiger partial charge in [0, 0.05) is 24.9 Å². The van der Waals surface area contributed by atoms with Crippen LogP contribution in [0.5, 0.6) is 0 Å². The summed E-state index contributed by atoms with van der Waals surface area (Å²) >= 11 is 0. The van der Waals surface area contributed by atoms with Crippen molar-refractivity contribution in [1.29, 1.82) is 0 Å². The predicted octanol–water partition coefficient (Wildman–Crippen LogP) is 1.38. The Morgan fingerprint density at radius 3 is 2.25 bits per heavy atom. The van der Waals surface area contributed by atoms with Crippen molar-refractivity contribution < 1.29 is 35.9 Å². The zero-order chi connectivity index (χ0) is 15.6. The van der Waals surface area contributed by atoms with Crippen molar-refractivity contribution in [3.8, 4) is 0 Å². The van der Waals surface area contributed by atoms with Gasteiger partial charge in [-0.05, 0) is 0 Å². The molecule has 0 spiro atoms. The minimum atomic E-state index is -5.10. The fraction of sp³-hybridized carbons (Fsp3) is 0.444. The van der Waals surface area contributed by atoms with Crippen LogP contribution in [-0.2, 0) is 11.2 Å². The van der Waals surface area contributed by atoms with Gasteiger partial charge in [-0.2, -0.15) is 26.3 Å². The molecule has 2 N–H and O–H groups in total. The van der Waals surface area contributed by atoms with Crippen LogP contribution in [0.2, 0.25) is 0 Å². The van der Waals surface area contributed by atoms with Gasteiger partial charge in [-0.3, -0.25) is 9.59 Å². The normalized spacial score (nSPS) is 12.3. The summed E-state index contributed by atoms with van der Waals surface area (Å²) in [5, 5.41) is 1.52. The Labute approximate surface area is 107 Å². The topological polar surface area (TPSA) is 74.8 Å². The highest BCUT2D eigenvalue weighted by atomic mass is 19.4. The summed E-state index contributed by atoms with van der Waals surface area (Å²) in [6.07, 6.45) is -9.50. The van der Waals surface area contributed by atoms with Gasteiger partial charge in [0.15, 0.2) is 5.82 Å². The Hall–Kier alpha value is -2.07. The largest absolute Gasteiger partial charge is 0.471 e. The molecule has 1 rings (SSSR count). The number of Topliss-reactive ketones (excluding diaryl/α,β-unsaturated/α-hetero) is 1. The van der Waals surface area contributed by atoms with Crippen molar-refractivity contribution in [2.45, 2.75) is 18.8 Å². The molecule has 0 fully saturated rings. The molecule has 1 aromatic rings. The summed E-state index contributed by atoms with van der Waals surface area (Å²) in [4.78, 5) is 26.4. The quantitative estimate of drug-likeness (QED) is 0.652. The van der Waals surface area contributed by atoms with Gasteiger partial charge in [0.05, 0.1) is 0 Å². The molecule has 0 aliphatic heterocycles. The number of hydrogen-bond acceptors (Lipinski definition) is 3. The van der Waals surface area contributed by atoms with Gasteiger partial charge in [0.2, 0.25) is 0 Å². The Bertz CT molecular complexity index is 505. The maximum Gasteiger partial charge on any atom is 0.471 e. The number of imidazole rings is 1. The molecule has 0 radical (unpaired) electrons. The molecule has 0 atom stereocenters. The van der Waals surface area contributed by atoms with Crippen LogP contribution in [0, 0.1) is 0 Å². The number of alkyl halides is 6. The second-order valence-corrected chi connectivity index (χ2v) is 3.59. The van der Waals surface area contributed by atoms with E-state index in [0.717, 1.165) is 6.20 Å². The Morgan fingerprint density at radius 1 is 1.15 bits per heavy atom. The van der Waals surface area contributed by atoms with Crippen LogP contribution in [-0.4, -0.2) is 40.6 Å². The van der Waals surface area contributed by atoms with E-state index in [2.05, 4.69) is 4.98 Å². The third-order valence-electron chi connectivity index (χ3n) is 2.04. The molecule has 0 aliphatic rings. The number of nitrogens with zero attached hydrogens (tertiary/aromatic N) is 1. The number of carbonyl (C=O) groups excluding carboxylic acids is 2. The van der Waals surface area contributed by atoms with Crippen LogP contribution >= 0.6 is 0 Å². The lowest BCUT2D eigenvalue weighted by molar-refractivity contribution is -0.173. The first-order valence-corrected chi connectivity index (χ1v) is 5.02. The molecule has 20 heavy (non-hydrogen) atoms. The second-order valence-electron chi connectivity index (χ2n) is 3.59. The Kier molecular flexibility index (Phi) is 4.40. The number of ketones is 1. The van der Waals surface area contributed by atoms with Gasteiger partial charge in [-0.1, -0.05) is 0 Å². The van der Waals surface area contributed by atoms with Crippen LogP contribution in [0.1, 0.15) is 16.3 Å². The first-order valence-electron chi connectivity index (χ1n) is 5.02. The zero-order valence-corrected chi connectivity index (χ0v) is 9.52. The molecule has 112 valence electrons. The fourth-order valence-electron chi connectivity index (χ4n) is 1.15. The van der Waals surface area contributed by atoms with Crippen LogP contribution in [0.15, 0.2) is 6.20 Å². The number of rotatable bonds is 4. The van der Waals surface area contributed by atoms with E-state index in [1.807, 2.05) is 4.98 Å². The van der Waals surface area contributed by atoms with E-state index in [-0.39, 0.29) is 12.1 Å². The monoisotopic (exact) mass is 303 g/mol. The van der Waals surface area contributed by atoms with Crippen molar-refractivity contribution in [3.05, 3.63) is 17.7 Å². The predicted molar refractivity (Wildman–Crippen MR) is 51.7 cm³/mol. The molecule has 11 heteroatoms. The number of hydrogen-bond donors (Lipinski definition) is 2. The van der Waals surface area contributed by atoms with Crippen LogP contribution in [0.3, 0.4) is 0 Å². The Balaban J connectivity index is 2.54. The second kappa shape index (κ2) is 5.51. The number of nitrogens with one attached hydrogen (secondary N) is 2. The summed E-state index contributed by atoms with van der Waals surface area (Å²) in [7, 11) is 0. The lowest BCUT2D eigenvalue weighted by Gasteiger charge is -2.06. The number of carbonyl (C=O) groups is 2. The van der Waals surface area contributed by atoms with Crippen molar-refractivity contribution in [1.82, 2.24) is 15.3 Å². The molecule has 0 aliphatic carbocycles. The molecule has 0 unspecified atom stereocenters. The van der Waals surface area contributed by atoms with E-state index < -0.39 is 36.4 Å². The van der Waals surface area contributed by atoms with Crippen molar-refractivity contribution in [2.75, 3.05) is 6.54 Å². The van der Waals surface area contributed by atoms with E-state index in [9.17, 15) is 35.9 Å². The molecule has 1 aromatic heterocycles. The fourth-order valence-corrected chi connectivity index (χ4v) is 1.15. The van der Waals surface area contributed by atoms with E-state index >= 15 is 0 Å². The molecule has 1 amide bonds. The molecular formula is C9H7F6N3O2. The van der Waals surface area contributed by atoms with E-state index in [0.29, 0.717) is 0 Å². The highest BCUT2D eigenvalue weighted by molar-refractivity contribution is 5.97. The van der Waals surface area contributed by atoms with Gasteiger partial charge < -0.3 is 10.3 Å². The molecule has 0 saturated carbocycles. The summed E-state index contributed by atoms with van der Waals surface area (Å²) < 4.78 is 71.6. The van der Waals surface area contributed by atoms with Gasteiger partial charge in [0.25, 0.3) is 0 Å². The van der Waals surface area contributed by atoms with Gasteiger partial charge in [-0.25, -0.2) is 4.98 Å². The first-order chi connectivity index (χ1) is 9.01. The number of aromatic nitrogens is 2. The summed E-state index contributed by atoms with van der Waals surface area (Å²) in [6.45, 7) is -0.472. The molecule has 0 aromatic carbocycles. The zero-order valence-electron chi connectivity index (χ0n) is 9.52. The first kappa shape index (κ1) is 16.0. The van der Waals surface area contributed by atoms with Crippen molar-refractivity contribution in [3.63, 3.8) is 0 Å². The van der Waals surface area contributed by atoms with Gasteiger partial charge in [0.1, 0.15) is 0 Å². The van der Waals surface area contributed by atoms with Gasteiger partial charge >= 0.3 is 24.0 Å². The summed E-state index contributed by atoms with van der Waals surface area (Å²) in [6, 6.07) is 0. The SMILES string of the molecule is O=C(NCCc1cnc(C(=O)C(F)(F)F)[nH]1)C(F)(F)F. The molecule has 0 saturated heterocycles. The maximum absolute atomic E-state index is 12.0. The summed E-state index contributed by atoms with van der Waals surface area (Å²) in [5.41, 5.74) is -0.0138. The summed E-state index contributed by atoms with van der Waals surface area (Å²) in [5.74, 6) is -5.32. The minimum absolute atomic E-state index is 0.0138.